The van der Waals surface area contributed by atoms with Gasteiger partial charge in [0.1, 0.15) is 0 Å². The molecule has 0 rings (SSSR count). The molecule has 0 heterocycles. The van der Waals surface area contributed by atoms with Gasteiger partial charge in [0.05, 0.1) is 0 Å². The summed E-state index contributed by atoms with van der Waals surface area (Å²) in [7, 11) is 0. The minimum absolute atomic E-state index is 0.327. The van der Waals surface area contributed by atoms with Gasteiger partial charge < -0.3 is 5.11 Å². The van der Waals surface area contributed by atoms with E-state index in [0.717, 1.165) is 19.3 Å². The molecule has 0 aromatic rings. The molecule has 10 heavy (non-hydrogen) atoms. The highest BCUT2D eigenvalue weighted by molar-refractivity contribution is 5.66. The summed E-state index contributed by atoms with van der Waals surface area (Å²) in [4.78, 5) is 9.87. The molecule has 0 aromatic carbocycles. The van der Waals surface area contributed by atoms with Gasteiger partial charge in [-0.3, -0.25) is 4.79 Å². The predicted molar refractivity (Wildman–Crippen MR) is 43.1 cm³/mol. The van der Waals surface area contributed by atoms with Crippen LogP contribution in [0.1, 0.15) is 46.5 Å². The van der Waals surface area contributed by atoms with Gasteiger partial charge in [-0.05, 0) is 6.42 Å². The average molecular weight is 146 g/mol. The molecule has 0 aliphatic carbocycles. The number of aliphatic carboxylic acids is 1. The molecule has 0 saturated heterocycles. The molecular weight excluding hydrogens is 128 g/mol. The molecule has 0 unspecified atom stereocenters. The molecule has 0 aromatic heterocycles. The Labute approximate surface area is 63.3 Å². The lowest BCUT2D eigenvalue weighted by Crippen LogP contribution is -1.92. The molecule has 0 radical (unpaired) electrons. The number of rotatable bonds is 4. The second-order valence-corrected chi connectivity index (χ2v) is 1.85. The van der Waals surface area contributed by atoms with Crippen LogP contribution in [0.3, 0.4) is 0 Å². The molecule has 0 bridgehead atoms. The summed E-state index contributed by atoms with van der Waals surface area (Å²) in [6.07, 6.45) is 3.28. The van der Waals surface area contributed by atoms with E-state index in [0.29, 0.717) is 6.42 Å². The van der Waals surface area contributed by atoms with E-state index >= 15 is 0 Å². The fourth-order valence-corrected chi connectivity index (χ4v) is 0.526. The fourth-order valence-electron chi connectivity index (χ4n) is 0.526. The summed E-state index contributed by atoms with van der Waals surface area (Å²) >= 11 is 0. The highest BCUT2D eigenvalue weighted by Gasteiger charge is 1.92. The van der Waals surface area contributed by atoms with Crippen molar-refractivity contribution in [1.29, 1.82) is 0 Å². The van der Waals surface area contributed by atoms with Crippen LogP contribution < -0.4 is 0 Å². The van der Waals surface area contributed by atoms with E-state index in [1.807, 2.05) is 13.8 Å². The Morgan fingerprint density at radius 2 is 1.80 bits per heavy atom. The minimum Gasteiger partial charge on any atom is -0.481 e. The maximum absolute atomic E-state index is 9.87. The lowest BCUT2D eigenvalue weighted by atomic mass is 10.2. The van der Waals surface area contributed by atoms with Crippen molar-refractivity contribution in [3.8, 4) is 0 Å². The Balaban J connectivity index is 0. The molecule has 0 aliphatic rings. The topological polar surface area (TPSA) is 37.3 Å². The molecular formula is C8H18O2. The lowest BCUT2D eigenvalue weighted by molar-refractivity contribution is -0.137. The zero-order chi connectivity index (χ0) is 8.41. The van der Waals surface area contributed by atoms with Crippen molar-refractivity contribution in [2.24, 2.45) is 0 Å². The van der Waals surface area contributed by atoms with Crippen molar-refractivity contribution in [2.45, 2.75) is 46.5 Å². The SMILES string of the molecule is CC.CCCCCC(=O)O. The molecule has 0 saturated carbocycles. The first-order valence-corrected chi connectivity index (χ1v) is 3.99. The smallest absolute Gasteiger partial charge is 0.303 e. The van der Waals surface area contributed by atoms with Crippen LogP contribution in [-0.2, 0) is 4.79 Å². The summed E-state index contributed by atoms with van der Waals surface area (Å²) in [5, 5.41) is 8.14. The number of hydrogen-bond acceptors (Lipinski definition) is 1. The number of carboxylic acids is 1. The zero-order valence-corrected chi connectivity index (χ0v) is 7.18. The van der Waals surface area contributed by atoms with Gasteiger partial charge in [-0.15, -0.1) is 0 Å². The van der Waals surface area contributed by atoms with Crippen molar-refractivity contribution in [3.63, 3.8) is 0 Å². The Hall–Kier alpha value is -0.530. The maximum Gasteiger partial charge on any atom is 0.303 e. The summed E-state index contributed by atoms with van der Waals surface area (Å²) in [5.41, 5.74) is 0. The summed E-state index contributed by atoms with van der Waals surface area (Å²) in [5.74, 6) is -0.682. The molecule has 2 nitrogen and oxygen atoms in total. The van der Waals surface area contributed by atoms with Gasteiger partial charge in [-0.1, -0.05) is 33.6 Å². The van der Waals surface area contributed by atoms with Crippen LogP contribution in [0.4, 0.5) is 0 Å². The number of unbranched alkanes of at least 4 members (excludes halogenated alkanes) is 2. The standard InChI is InChI=1S/C6H12O2.C2H6/c1-2-3-4-5-6(7)8;1-2/h2-5H2,1H3,(H,7,8);1-2H3. The van der Waals surface area contributed by atoms with Crippen molar-refractivity contribution in [2.75, 3.05) is 0 Å². The summed E-state index contributed by atoms with van der Waals surface area (Å²) in [6.45, 7) is 6.06. The highest BCUT2D eigenvalue weighted by Crippen LogP contribution is 1.97. The average Bonchev–Trinajstić information content (AvgIpc) is 1.92. The van der Waals surface area contributed by atoms with E-state index in [4.69, 9.17) is 5.11 Å². The molecule has 2 heteroatoms. The number of carboxylic acid groups (broad SMARTS) is 1. The Bertz CT molecular complexity index is 69.7. The van der Waals surface area contributed by atoms with Crippen LogP contribution in [-0.4, -0.2) is 11.1 Å². The summed E-state index contributed by atoms with van der Waals surface area (Å²) in [6, 6.07) is 0. The molecule has 0 aliphatic heterocycles. The van der Waals surface area contributed by atoms with Gasteiger partial charge in [0, 0.05) is 6.42 Å². The third kappa shape index (κ3) is 15.6. The van der Waals surface area contributed by atoms with Gasteiger partial charge in [0.15, 0.2) is 0 Å². The van der Waals surface area contributed by atoms with E-state index in [2.05, 4.69) is 6.92 Å². The van der Waals surface area contributed by atoms with Crippen LogP contribution in [0.25, 0.3) is 0 Å². The van der Waals surface area contributed by atoms with E-state index in [1.165, 1.54) is 0 Å². The Kier molecular flexibility index (Phi) is 13.7. The normalized spacial score (nSPS) is 7.90. The Morgan fingerprint density at radius 1 is 1.30 bits per heavy atom. The van der Waals surface area contributed by atoms with Gasteiger partial charge in [-0.2, -0.15) is 0 Å². The molecule has 0 amide bonds. The van der Waals surface area contributed by atoms with Gasteiger partial charge >= 0.3 is 5.97 Å². The first kappa shape index (κ1) is 12.2. The molecule has 62 valence electrons. The van der Waals surface area contributed by atoms with E-state index in [9.17, 15) is 4.79 Å². The van der Waals surface area contributed by atoms with Crippen LogP contribution >= 0.6 is 0 Å². The minimum atomic E-state index is -0.682. The van der Waals surface area contributed by atoms with Crippen molar-refractivity contribution < 1.29 is 9.90 Å². The van der Waals surface area contributed by atoms with Crippen LogP contribution in [0.15, 0.2) is 0 Å². The lowest BCUT2D eigenvalue weighted by Gasteiger charge is -1.89. The first-order chi connectivity index (χ1) is 4.77. The van der Waals surface area contributed by atoms with Crippen molar-refractivity contribution in [1.82, 2.24) is 0 Å². The number of hydrogen-bond donors (Lipinski definition) is 1. The van der Waals surface area contributed by atoms with E-state index < -0.39 is 5.97 Å². The monoisotopic (exact) mass is 146 g/mol. The van der Waals surface area contributed by atoms with E-state index in [1.54, 1.807) is 0 Å². The molecule has 0 fully saturated rings. The van der Waals surface area contributed by atoms with Crippen LogP contribution in [0, 0.1) is 0 Å². The second-order valence-electron chi connectivity index (χ2n) is 1.85. The fraction of sp³-hybridized carbons (Fsp3) is 0.875. The largest absolute Gasteiger partial charge is 0.481 e. The third-order valence-corrected chi connectivity index (χ3v) is 0.994. The predicted octanol–water partition coefficient (Wildman–Crippen LogP) is 2.68. The molecule has 1 N–H and O–H groups in total. The Morgan fingerprint density at radius 3 is 2.10 bits per heavy atom. The molecule has 0 atom stereocenters. The van der Waals surface area contributed by atoms with Crippen LogP contribution in [0.5, 0.6) is 0 Å². The third-order valence-electron chi connectivity index (χ3n) is 0.994. The summed E-state index contributed by atoms with van der Waals surface area (Å²) < 4.78 is 0. The molecule has 0 spiro atoms. The van der Waals surface area contributed by atoms with Crippen LogP contribution in [0.2, 0.25) is 0 Å². The first-order valence-electron chi connectivity index (χ1n) is 3.99. The van der Waals surface area contributed by atoms with Crippen molar-refractivity contribution in [3.05, 3.63) is 0 Å². The van der Waals surface area contributed by atoms with Crippen molar-refractivity contribution >= 4 is 5.97 Å². The van der Waals surface area contributed by atoms with Gasteiger partial charge in [-0.25, -0.2) is 0 Å². The highest BCUT2D eigenvalue weighted by atomic mass is 16.4. The number of carbonyl (C=O) groups is 1. The van der Waals surface area contributed by atoms with Gasteiger partial charge in [0.2, 0.25) is 0 Å². The zero-order valence-electron chi connectivity index (χ0n) is 7.18. The maximum atomic E-state index is 9.87. The van der Waals surface area contributed by atoms with Gasteiger partial charge in [0.25, 0.3) is 0 Å². The van der Waals surface area contributed by atoms with E-state index in [-0.39, 0.29) is 0 Å². The quantitative estimate of drug-likeness (QED) is 0.619. The second kappa shape index (κ2) is 11.3.